The van der Waals surface area contributed by atoms with Crippen LogP contribution < -0.4 is 5.73 Å². The molecular weight excluding hydrogens is 288 g/mol. The molecule has 0 aromatic carbocycles. The Morgan fingerprint density at radius 1 is 1.60 bits per heavy atom. The molecule has 1 heterocycles. The number of anilines is 1. The third-order valence-electron chi connectivity index (χ3n) is 3.87. The Hall–Kier alpha value is -1.96. The van der Waals surface area contributed by atoms with E-state index in [4.69, 9.17) is 22.4 Å². The Morgan fingerprint density at radius 3 is 2.65 bits per heavy atom. The topological polar surface area (TPSA) is 132 Å². The summed E-state index contributed by atoms with van der Waals surface area (Å²) in [6.45, 7) is 1.83. The molecule has 9 heteroatoms. The normalized spacial score (nSPS) is 25.0. The molecule has 0 radical (unpaired) electrons. The summed E-state index contributed by atoms with van der Waals surface area (Å²) in [6, 6.07) is 0. The Kier molecular flexibility index (Phi) is 3.51. The summed E-state index contributed by atoms with van der Waals surface area (Å²) in [5.74, 6) is -1.73. The fourth-order valence-corrected chi connectivity index (χ4v) is 2.88. The van der Waals surface area contributed by atoms with E-state index >= 15 is 0 Å². The lowest BCUT2D eigenvalue weighted by Gasteiger charge is -2.44. The molecule has 1 fully saturated rings. The molecule has 0 unspecified atom stereocenters. The predicted molar refractivity (Wildman–Crippen MR) is 70.4 cm³/mol. The van der Waals surface area contributed by atoms with E-state index in [-0.39, 0.29) is 35.3 Å². The molecule has 0 atom stereocenters. The fraction of sp³-hybridized carbons (Fsp3) is 0.545. The van der Waals surface area contributed by atoms with Crippen molar-refractivity contribution in [3.8, 4) is 0 Å². The molecule has 0 spiro atoms. The van der Waals surface area contributed by atoms with Crippen LogP contribution in [0.4, 0.5) is 11.5 Å². The molecule has 1 aliphatic rings. The van der Waals surface area contributed by atoms with Crippen molar-refractivity contribution in [1.82, 2.24) is 9.97 Å². The number of aromatic nitrogens is 2. The van der Waals surface area contributed by atoms with Gasteiger partial charge in [-0.1, -0.05) is 6.92 Å². The highest BCUT2D eigenvalue weighted by atomic mass is 35.5. The maximum Gasteiger partial charge on any atom is 0.333 e. The van der Waals surface area contributed by atoms with Crippen LogP contribution in [0.5, 0.6) is 0 Å². The van der Waals surface area contributed by atoms with E-state index < -0.39 is 22.2 Å². The number of hydrogen-bond donors (Lipinski definition) is 2. The SMILES string of the molecule is CCC1(c2nc(Cl)nc(N)c2[N+](=O)[O-])CC(C(=O)O)C1. The minimum Gasteiger partial charge on any atom is -0.481 e. The molecule has 8 nitrogen and oxygen atoms in total. The molecule has 0 aliphatic heterocycles. The average Bonchev–Trinajstić information content (AvgIpc) is 2.26. The van der Waals surface area contributed by atoms with Crippen LogP contribution >= 0.6 is 11.6 Å². The van der Waals surface area contributed by atoms with Crippen molar-refractivity contribution < 1.29 is 14.8 Å². The van der Waals surface area contributed by atoms with Gasteiger partial charge in [-0.05, 0) is 30.9 Å². The number of hydrogen-bond acceptors (Lipinski definition) is 6. The summed E-state index contributed by atoms with van der Waals surface area (Å²) < 4.78 is 0. The third-order valence-corrected chi connectivity index (χ3v) is 4.04. The quantitative estimate of drug-likeness (QED) is 0.491. The molecule has 0 saturated heterocycles. The van der Waals surface area contributed by atoms with E-state index in [0.717, 1.165) is 0 Å². The second-order valence-corrected chi connectivity index (χ2v) is 5.25. The highest BCUT2D eigenvalue weighted by molar-refractivity contribution is 6.28. The second-order valence-electron chi connectivity index (χ2n) is 4.91. The first-order chi connectivity index (χ1) is 9.30. The van der Waals surface area contributed by atoms with Crippen LogP contribution in [0.3, 0.4) is 0 Å². The molecular formula is C11H13ClN4O4. The van der Waals surface area contributed by atoms with E-state index in [1.54, 1.807) is 0 Å². The van der Waals surface area contributed by atoms with Gasteiger partial charge in [-0.2, -0.15) is 4.98 Å². The average molecular weight is 301 g/mol. The number of carboxylic acid groups (broad SMARTS) is 1. The number of rotatable bonds is 4. The van der Waals surface area contributed by atoms with E-state index in [1.165, 1.54) is 0 Å². The summed E-state index contributed by atoms with van der Waals surface area (Å²) in [5, 5.41) is 20.0. The van der Waals surface area contributed by atoms with Gasteiger partial charge in [0.05, 0.1) is 10.8 Å². The highest BCUT2D eigenvalue weighted by Crippen LogP contribution is 2.52. The van der Waals surface area contributed by atoms with Gasteiger partial charge < -0.3 is 10.8 Å². The van der Waals surface area contributed by atoms with Crippen LogP contribution in [-0.2, 0) is 10.2 Å². The number of nitrogens with two attached hydrogens (primary N) is 1. The largest absolute Gasteiger partial charge is 0.481 e. The van der Waals surface area contributed by atoms with Gasteiger partial charge in [-0.25, -0.2) is 4.98 Å². The number of carboxylic acids is 1. The van der Waals surface area contributed by atoms with Gasteiger partial charge in [0, 0.05) is 5.41 Å². The van der Waals surface area contributed by atoms with Crippen molar-refractivity contribution in [1.29, 1.82) is 0 Å². The lowest BCUT2D eigenvalue weighted by atomic mass is 9.58. The Morgan fingerprint density at radius 2 is 2.20 bits per heavy atom. The molecule has 0 amide bonds. The first kappa shape index (κ1) is 14.4. The number of halogens is 1. The summed E-state index contributed by atoms with van der Waals surface area (Å²) >= 11 is 5.73. The summed E-state index contributed by atoms with van der Waals surface area (Å²) in [5.41, 5.74) is 4.64. The lowest BCUT2D eigenvalue weighted by molar-refractivity contribution is -0.386. The second kappa shape index (κ2) is 4.86. The molecule has 0 bridgehead atoms. The highest BCUT2D eigenvalue weighted by Gasteiger charge is 2.52. The maximum absolute atomic E-state index is 11.2. The fourth-order valence-electron chi connectivity index (χ4n) is 2.70. The van der Waals surface area contributed by atoms with Gasteiger partial charge in [0.2, 0.25) is 11.1 Å². The third kappa shape index (κ3) is 2.15. The van der Waals surface area contributed by atoms with Gasteiger partial charge >= 0.3 is 11.7 Å². The molecule has 2 rings (SSSR count). The summed E-state index contributed by atoms with van der Waals surface area (Å²) in [7, 11) is 0. The smallest absolute Gasteiger partial charge is 0.333 e. The minimum atomic E-state index is -0.912. The van der Waals surface area contributed by atoms with Crippen LogP contribution in [0.15, 0.2) is 0 Å². The molecule has 20 heavy (non-hydrogen) atoms. The van der Waals surface area contributed by atoms with Gasteiger partial charge in [0.1, 0.15) is 5.69 Å². The van der Waals surface area contributed by atoms with Crippen LogP contribution in [0.25, 0.3) is 0 Å². The van der Waals surface area contributed by atoms with Crippen LogP contribution in [0.2, 0.25) is 5.28 Å². The number of aliphatic carboxylic acids is 1. The molecule has 1 saturated carbocycles. The summed E-state index contributed by atoms with van der Waals surface area (Å²) in [6.07, 6.45) is 1.09. The van der Waals surface area contributed by atoms with Crippen molar-refractivity contribution in [2.45, 2.75) is 31.6 Å². The molecule has 108 valence electrons. The number of nitrogen functional groups attached to an aromatic ring is 1. The van der Waals surface area contributed by atoms with Crippen LogP contribution in [-0.4, -0.2) is 26.0 Å². The predicted octanol–water partition coefficient (Wildman–Crippen LogP) is 1.76. The van der Waals surface area contributed by atoms with Gasteiger partial charge in [0.25, 0.3) is 0 Å². The van der Waals surface area contributed by atoms with E-state index in [0.29, 0.717) is 6.42 Å². The summed E-state index contributed by atoms with van der Waals surface area (Å²) in [4.78, 5) is 29.0. The van der Waals surface area contributed by atoms with Crippen molar-refractivity contribution in [2.24, 2.45) is 5.92 Å². The minimum absolute atomic E-state index is 0.139. The zero-order chi connectivity index (χ0) is 15.1. The van der Waals surface area contributed by atoms with E-state index in [2.05, 4.69) is 9.97 Å². The molecule has 3 N–H and O–H groups in total. The molecule has 1 aromatic rings. The van der Waals surface area contributed by atoms with Crippen LogP contribution in [0.1, 0.15) is 31.9 Å². The van der Waals surface area contributed by atoms with Gasteiger partial charge in [0.15, 0.2) is 0 Å². The number of nitro groups is 1. The number of carbonyl (C=O) groups is 1. The Balaban J connectivity index is 2.51. The van der Waals surface area contributed by atoms with E-state index in [9.17, 15) is 14.9 Å². The molecule has 1 aliphatic carbocycles. The lowest BCUT2D eigenvalue weighted by Crippen LogP contribution is -2.45. The van der Waals surface area contributed by atoms with Crippen LogP contribution in [0, 0.1) is 16.0 Å². The first-order valence-electron chi connectivity index (χ1n) is 6.01. The standard InChI is InChI=1S/C11H13ClN4O4/c1-2-11(3-5(4-11)9(17)18)7-6(16(19)20)8(13)15-10(12)14-7/h5H,2-4H2,1H3,(H,17,18)(H2,13,14,15). The zero-order valence-corrected chi connectivity index (χ0v) is 11.4. The Labute approximate surface area is 119 Å². The maximum atomic E-state index is 11.2. The van der Waals surface area contributed by atoms with Gasteiger partial charge in [-0.15, -0.1) is 0 Å². The number of nitrogens with zero attached hydrogens (tertiary/aromatic N) is 3. The van der Waals surface area contributed by atoms with Crippen molar-refractivity contribution in [3.05, 3.63) is 21.1 Å². The van der Waals surface area contributed by atoms with E-state index in [1.807, 2.05) is 6.92 Å². The van der Waals surface area contributed by atoms with Gasteiger partial charge in [-0.3, -0.25) is 14.9 Å². The van der Waals surface area contributed by atoms with Crippen molar-refractivity contribution >= 4 is 29.1 Å². The Bertz CT molecular complexity index is 586. The van der Waals surface area contributed by atoms with Crippen molar-refractivity contribution in [2.75, 3.05) is 5.73 Å². The molecule has 1 aromatic heterocycles. The monoisotopic (exact) mass is 300 g/mol. The zero-order valence-electron chi connectivity index (χ0n) is 10.7. The first-order valence-corrected chi connectivity index (χ1v) is 6.39. The van der Waals surface area contributed by atoms with Crippen molar-refractivity contribution in [3.63, 3.8) is 0 Å².